The van der Waals surface area contributed by atoms with E-state index in [9.17, 15) is 9.90 Å². The van der Waals surface area contributed by atoms with Crippen LogP contribution in [-0.2, 0) is 4.79 Å². The van der Waals surface area contributed by atoms with Crippen LogP contribution in [0.1, 0.15) is 46.0 Å². The molecule has 2 atom stereocenters. The van der Waals surface area contributed by atoms with E-state index in [4.69, 9.17) is 0 Å². The lowest BCUT2D eigenvalue weighted by atomic mass is 9.96. The van der Waals surface area contributed by atoms with E-state index in [-0.39, 0.29) is 24.0 Å². The maximum absolute atomic E-state index is 12.7. The molecule has 0 aromatic carbocycles. The van der Waals surface area contributed by atoms with Gasteiger partial charge in [-0.25, -0.2) is 0 Å². The van der Waals surface area contributed by atoms with Crippen molar-refractivity contribution < 1.29 is 9.90 Å². The lowest BCUT2D eigenvalue weighted by molar-refractivity contribution is -0.137. The number of aliphatic hydroxyl groups is 1. The molecule has 1 rings (SSSR count). The molecule has 0 bridgehead atoms. The van der Waals surface area contributed by atoms with Crippen LogP contribution in [0.5, 0.6) is 0 Å². The van der Waals surface area contributed by atoms with Crippen molar-refractivity contribution in [1.29, 1.82) is 0 Å². The summed E-state index contributed by atoms with van der Waals surface area (Å²) in [6.45, 7) is 5.62. The van der Waals surface area contributed by atoms with Gasteiger partial charge in [-0.2, -0.15) is 0 Å². The molecule has 1 saturated heterocycles. The fourth-order valence-electron chi connectivity index (χ4n) is 3.08. The third kappa shape index (κ3) is 4.77. The van der Waals surface area contributed by atoms with Gasteiger partial charge in [0.2, 0.25) is 5.91 Å². The Morgan fingerprint density at radius 2 is 1.89 bits per heavy atom. The minimum Gasteiger partial charge on any atom is -0.391 e. The van der Waals surface area contributed by atoms with E-state index in [0.29, 0.717) is 6.54 Å². The number of likely N-dealkylation sites (tertiary alicyclic amines) is 1. The number of β-amino-alcohol motifs (C(OH)–C–C–N with tert-alkyl or cyclic N) is 1. The lowest BCUT2D eigenvalue weighted by Gasteiger charge is -2.30. The van der Waals surface area contributed by atoms with Crippen molar-refractivity contribution in [3.63, 3.8) is 0 Å². The average Bonchev–Trinajstić information content (AvgIpc) is 2.68. The molecule has 1 heterocycles. The highest BCUT2D eigenvalue weighted by molar-refractivity contribution is 5.79. The molecule has 2 unspecified atom stereocenters. The van der Waals surface area contributed by atoms with Crippen LogP contribution >= 0.6 is 0 Å². The maximum Gasteiger partial charge on any atom is 0.226 e. The third-order valence-corrected chi connectivity index (χ3v) is 3.87. The van der Waals surface area contributed by atoms with E-state index in [2.05, 4.69) is 18.7 Å². The Balaban J connectivity index is 2.70. The Morgan fingerprint density at radius 1 is 1.32 bits per heavy atom. The molecule has 0 spiro atoms. The van der Waals surface area contributed by atoms with E-state index >= 15 is 0 Å². The molecular formula is C15H30N2O2. The molecule has 1 amide bonds. The van der Waals surface area contributed by atoms with Crippen LogP contribution in [0.15, 0.2) is 0 Å². The summed E-state index contributed by atoms with van der Waals surface area (Å²) in [7, 11) is 4.03. The van der Waals surface area contributed by atoms with Gasteiger partial charge in [0, 0.05) is 25.0 Å². The molecule has 4 heteroatoms. The molecule has 19 heavy (non-hydrogen) atoms. The van der Waals surface area contributed by atoms with E-state index in [1.807, 2.05) is 19.0 Å². The molecule has 1 fully saturated rings. The first-order chi connectivity index (χ1) is 8.99. The molecule has 0 saturated carbocycles. The highest BCUT2D eigenvalue weighted by atomic mass is 16.3. The summed E-state index contributed by atoms with van der Waals surface area (Å²) in [5.74, 6) is 0.400. The first kappa shape index (κ1) is 16.4. The number of hydrogen-bond donors (Lipinski definition) is 1. The Morgan fingerprint density at radius 3 is 2.37 bits per heavy atom. The molecule has 1 aliphatic heterocycles. The molecule has 112 valence electrons. The van der Waals surface area contributed by atoms with Crippen LogP contribution in [0, 0.1) is 5.92 Å². The molecule has 1 aliphatic rings. The topological polar surface area (TPSA) is 43.8 Å². The quantitative estimate of drug-likeness (QED) is 0.766. The zero-order valence-electron chi connectivity index (χ0n) is 12.9. The Bertz CT molecular complexity index is 275. The number of carbonyl (C=O) groups is 1. The van der Waals surface area contributed by atoms with Crippen LogP contribution in [0.3, 0.4) is 0 Å². The lowest BCUT2D eigenvalue weighted by Crippen LogP contribution is -2.44. The fraction of sp³-hybridized carbons (Fsp3) is 0.933. The number of nitrogens with zero attached hydrogens (tertiary/aromatic N) is 2. The maximum atomic E-state index is 12.7. The first-order valence-corrected chi connectivity index (χ1v) is 7.62. The second kappa shape index (κ2) is 7.85. The van der Waals surface area contributed by atoms with E-state index in [1.54, 1.807) is 0 Å². The zero-order valence-corrected chi connectivity index (χ0v) is 12.9. The van der Waals surface area contributed by atoms with Gasteiger partial charge in [-0.3, -0.25) is 4.79 Å². The number of amides is 1. The van der Waals surface area contributed by atoms with Crippen molar-refractivity contribution in [2.75, 3.05) is 27.2 Å². The second-order valence-corrected chi connectivity index (χ2v) is 6.07. The summed E-state index contributed by atoms with van der Waals surface area (Å²) in [6.07, 6.45) is 4.39. The van der Waals surface area contributed by atoms with Crippen molar-refractivity contribution in [2.24, 2.45) is 5.92 Å². The highest BCUT2D eigenvalue weighted by Gasteiger charge is 2.36. The third-order valence-electron chi connectivity index (χ3n) is 3.87. The van der Waals surface area contributed by atoms with Gasteiger partial charge in [0.1, 0.15) is 0 Å². The fourth-order valence-corrected chi connectivity index (χ4v) is 3.08. The molecule has 0 aromatic heterocycles. The average molecular weight is 270 g/mol. The van der Waals surface area contributed by atoms with Gasteiger partial charge in [0.05, 0.1) is 6.10 Å². The van der Waals surface area contributed by atoms with Gasteiger partial charge in [-0.1, -0.05) is 26.7 Å². The van der Waals surface area contributed by atoms with Crippen LogP contribution in [0.2, 0.25) is 0 Å². The monoisotopic (exact) mass is 270 g/mol. The van der Waals surface area contributed by atoms with Crippen molar-refractivity contribution in [2.45, 2.75) is 58.1 Å². The Kier molecular flexibility index (Phi) is 6.80. The van der Waals surface area contributed by atoms with Crippen molar-refractivity contribution >= 4 is 5.91 Å². The summed E-state index contributed by atoms with van der Waals surface area (Å²) < 4.78 is 0. The predicted octanol–water partition coefficient (Wildman–Crippen LogP) is 1.73. The summed E-state index contributed by atoms with van der Waals surface area (Å²) in [4.78, 5) is 16.7. The Labute approximate surface area is 117 Å². The number of carbonyl (C=O) groups excluding carboxylic acids is 1. The van der Waals surface area contributed by atoms with Crippen LogP contribution in [-0.4, -0.2) is 60.1 Å². The van der Waals surface area contributed by atoms with Gasteiger partial charge in [-0.15, -0.1) is 0 Å². The normalized spacial score (nSPS) is 23.6. The smallest absolute Gasteiger partial charge is 0.226 e. The minimum absolute atomic E-state index is 0.143. The van der Waals surface area contributed by atoms with Gasteiger partial charge in [0.25, 0.3) is 0 Å². The van der Waals surface area contributed by atoms with E-state index in [1.165, 1.54) is 0 Å². The summed E-state index contributed by atoms with van der Waals surface area (Å²) in [5.41, 5.74) is 0. The van der Waals surface area contributed by atoms with Crippen molar-refractivity contribution in [1.82, 2.24) is 9.80 Å². The van der Waals surface area contributed by atoms with Gasteiger partial charge >= 0.3 is 0 Å². The number of hydrogen-bond acceptors (Lipinski definition) is 3. The molecule has 1 N–H and O–H groups in total. The molecule has 4 nitrogen and oxygen atoms in total. The molecule has 0 aliphatic carbocycles. The van der Waals surface area contributed by atoms with Gasteiger partial charge in [0.15, 0.2) is 0 Å². The first-order valence-electron chi connectivity index (χ1n) is 7.62. The summed E-state index contributed by atoms with van der Waals surface area (Å²) >= 11 is 0. The predicted molar refractivity (Wildman–Crippen MR) is 78.0 cm³/mol. The Hall–Kier alpha value is -0.610. The summed E-state index contributed by atoms with van der Waals surface area (Å²) in [5, 5.41) is 9.86. The van der Waals surface area contributed by atoms with Crippen LogP contribution < -0.4 is 0 Å². The largest absolute Gasteiger partial charge is 0.391 e. The highest BCUT2D eigenvalue weighted by Crippen LogP contribution is 2.24. The van der Waals surface area contributed by atoms with E-state index < -0.39 is 0 Å². The molecule has 0 aromatic rings. The van der Waals surface area contributed by atoms with E-state index in [0.717, 1.165) is 38.6 Å². The number of aliphatic hydroxyl groups excluding tert-OH is 1. The minimum atomic E-state index is -0.349. The number of likely N-dealkylation sites (N-methyl/N-ethyl adjacent to an activating group) is 1. The second-order valence-electron chi connectivity index (χ2n) is 6.07. The van der Waals surface area contributed by atoms with Gasteiger partial charge < -0.3 is 14.9 Å². The summed E-state index contributed by atoms with van der Waals surface area (Å²) in [6, 6.07) is 0.175. The van der Waals surface area contributed by atoms with Crippen molar-refractivity contribution in [3.05, 3.63) is 0 Å². The SMILES string of the molecule is CCCC(CCC)C(=O)N1CC(O)CC1CN(C)C. The van der Waals surface area contributed by atoms with Crippen LogP contribution in [0.25, 0.3) is 0 Å². The van der Waals surface area contributed by atoms with Crippen molar-refractivity contribution in [3.8, 4) is 0 Å². The molecule has 0 radical (unpaired) electrons. The van der Waals surface area contributed by atoms with Crippen LogP contribution in [0.4, 0.5) is 0 Å². The number of rotatable bonds is 7. The molecular weight excluding hydrogens is 240 g/mol. The van der Waals surface area contributed by atoms with Gasteiger partial charge in [-0.05, 0) is 33.4 Å². The zero-order chi connectivity index (χ0) is 14.4. The standard InChI is InChI=1S/C15H30N2O2/c1-5-7-12(8-6-2)15(19)17-11-14(18)9-13(17)10-16(3)4/h12-14,18H,5-11H2,1-4H3.